The van der Waals surface area contributed by atoms with Gasteiger partial charge in [-0.25, -0.2) is 4.79 Å². The zero-order valence-corrected chi connectivity index (χ0v) is 10.6. The molecule has 100 valence electrons. The van der Waals surface area contributed by atoms with Gasteiger partial charge >= 0.3 is 5.97 Å². The summed E-state index contributed by atoms with van der Waals surface area (Å²) in [4.78, 5) is 26.9. The Bertz CT molecular complexity index is 554. The lowest BCUT2D eigenvalue weighted by Crippen LogP contribution is -2.62. The van der Waals surface area contributed by atoms with Crippen LogP contribution in [-0.4, -0.2) is 49.7 Å². The standard InChI is InChI=1S/C13H15N3O3/c1-15-7-12(17)16(9-5-14-6-9)11-4-8(13(18)19)2-3-10(11)15/h2-4,9,14H,5-7H2,1H3,(H,18,19). The molecule has 0 saturated carbocycles. The summed E-state index contributed by atoms with van der Waals surface area (Å²) >= 11 is 0. The first-order valence-corrected chi connectivity index (χ1v) is 6.19. The van der Waals surface area contributed by atoms with Crippen LogP contribution < -0.4 is 15.1 Å². The first-order chi connectivity index (χ1) is 9.08. The first-order valence-electron chi connectivity index (χ1n) is 6.19. The number of nitrogens with one attached hydrogen (secondary N) is 1. The highest BCUT2D eigenvalue weighted by Gasteiger charge is 2.35. The SMILES string of the molecule is CN1CC(=O)N(C2CNC2)c2cc(C(=O)O)ccc21. The minimum absolute atomic E-state index is 0.0176. The van der Waals surface area contributed by atoms with Gasteiger partial charge in [0.25, 0.3) is 0 Å². The fourth-order valence-corrected chi connectivity index (χ4v) is 2.53. The average Bonchev–Trinajstić information content (AvgIpc) is 2.31. The minimum atomic E-state index is -0.977. The van der Waals surface area contributed by atoms with E-state index in [9.17, 15) is 9.59 Å². The van der Waals surface area contributed by atoms with E-state index in [-0.39, 0.29) is 17.5 Å². The molecule has 1 aromatic rings. The molecule has 2 aliphatic rings. The molecule has 2 N–H and O–H groups in total. The molecule has 0 spiro atoms. The number of carbonyl (C=O) groups is 2. The van der Waals surface area contributed by atoms with Crippen molar-refractivity contribution in [3.05, 3.63) is 23.8 Å². The monoisotopic (exact) mass is 261 g/mol. The molecule has 0 bridgehead atoms. The molecule has 0 radical (unpaired) electrons. The number of hydrogen-bond donors (Lipinski definition) is 2. The van der Waals surface area contributed by atoms with Gasteiger partial charge in [0.05, 0.1) is 29.5 Å². The van der Waals surface area contributed by atoms with Gasteiger partial charge in [0.15, 0.2) is 0 Å². The highest BCUT2D eigenvalue weighted by atomic mass is 16.4. The number of carbonyl (C=O) groups excluding carboxylic acids is 1. The van der Waals surface area contributed by atoms with Crippen LogP contribution in [0.4, 0.5) is 11.4 Å². The van der Waals surface area contributed by atoms with Gasteiger partial charge in [-0.15, -0.1) is 0 Å². The van der Waals surface area contributed by atoms with Crippen molar-refractivity contribution in [2.75, 3.05) is 36.5 Å². The Labute approximate surface area is 110 Å². The third-order valence-corrected chi connectivity index (χ3v) is 3.66. The number of rotatable bonds is 2. The molecule has 19 heavy (non-hydrogen) atoms. The second-order valence-electron chi connectivity index (χ2n) is 4.94. The van der Waals surface area contributed by atoms with Gasteiger partial charge in [0, 0.05) is 20.1 Å². The Morgan fingerprint density at radius 1 is 1.37 bits per heavy atom. The molecule has 0 unspecified atom stereocenters. The maximum atomic E-state index is 12.2. The van der Waals surface area contributed by atoms with Crippen molar-refractivity contribution >= 4 is 23.3 Å². The van der Waals surface area contributed by atoms with E-state index in [1.807, 2.05) is 11.9 Å². The zero-order valence-electron chi connectivity index (χ0n) is 10.6. The molecule has 2 heterocycles. The number of aromatic carboxylic acids is 1. The van der Waals surface area contributed by atoms with Gasteiger partial charge in [0.2, 0.25) is 5.91 Å². The van der Waals surface area contributed by atoms with Gasteiger partial charge in [0.1, 0.15) is 0 Å². The van der Waals surface area contributed by atoms with E-state index in [1.54, 1.807) is 23.1 Å². The maximum absolute atomic E-state index is 12.2. The van der Waals surface area contributed by atoms with E-state index in [0.29, 0.717) is 12.2 Å². The Morgan fingerprint density at radius 2 is 2.11 bits per heavy atom. The molecule has 1 aromatic carbocycles. The Kier molecular flexibility index (Phi) is 2.67. The molecule has 1 amide bonds. The summed E-state index contributed by atoms with van der Waals surface area (Å²) in [5, 5.41) is 12.2. The fourth-order valence-electron chi connectivity index (χ4n) is 2.53. The van der Waals surface area contributed by atoms with E-state index < -0.39 is 5.97 Å². The smallest absolute Gasteiger partial charge is 0.335 e. The quantitative estimate of drug-likeness (QED) is 0.792. The third kappa shape index (κ3) is 1.84. The van der Waals surface area contributed by atoms with E-state index >= 15 is 0 Å². The molecule has 0 atom stereocenters. The molecular formula is C13H15N3O3. The third-order valence-electron chi connectivity index (χ3n) is 3.66. The number of amides is 1. The van der Waals surface area contributed by atoms with Crippen LogP contribution in [0.3, 0.4) is 0 Å². The van der Waals surface area contributed by atoms with Crippen LogP contribution in [0.25, 0.3) is 0 Å². The lowest BCUT2D eigenvalue weighted by molar-refractivity contribution is -0.118. The summed E-state index contributed by atoms with van der Waals surface area (Å²) in [5.74, 6) is -0.959. The van der Waals surface area contributed by atoms with Crippen LogP contribution in [0.15, 0.2) is 18.2 Å². The van der Waals surface area contributed by atoms with Gasteiger partial charge in [-0.05, 0) is 18.2 Å². The van der Waals surface area contributed by atoms with Crippen molar-refractivity contribution in [3.8, 4) is 0 Å². The zero-order chi connectivity index (χ0) is 13.6. The summed E-state index contributed by atoms with van der Waals surface area (Å²) in [6.45, 7) is 1.84. The first kappa shape index (κ1) is 12.0. The molecule has 0 aromatic heterocycles. The number of nitrogens with zero attached hydrogens (tertiary/aromatic N) is 2. The van der Waals surface area contributed by atoms with Gasteiger partial charge in [-0.3, -0.25) is 4.79 Å². The average molecular weight is 261 g/mol. The predicted octanol–water partition coefficient (Wildman–Crippen LogP) is 0.139. The van der Waals surface area contributed by atoms with Gasteiger partial charge in [-0.1, -0.05) is 0 Å². The highest BCUT2D eigenvalue weighted by Crippen LogP contribution is 2.35. The number of hydrogen-bond acceptors (Lipinski definition) is 4. The Hall–Kier alpha value is -2.08. The molecular weight excluding hydrogens is 246 g/mol. The van der Waals surface area contributed by atoms with Crippen LogP contribution >= 0.6 is 0 Å². The van der Waals surface area contributed by atoms with Crippen LogP contribution in [0, 0.1) is 0 Å². The molecule has 6 heteroatoms. The van der Waals surface area contributed by atoms with Crippen LogP contribution in [0.5, 0.6) is 0 Å². The highest BCUT2D eigenvalue weighted by molar-refractivity contribution is 6.05. The summed E-state index contributed by atoms with van der Waals surface area (Å²) in [5.41, 5.74) is 1.81. The van der Waals surface area contributed by atoms with Crippen molar-refractivity contribution in [2.24, 2.45) is 0 Å². The van der Waals surface area contributed by atoms with Crippen LogP contribution in [0.2, 0.25) is 0 Å². The molecule has 1 saturated heterocycles. The topological polar surface area (TPSA) is 72.9 Å². The largest absolute Gasteiger partial charge is 0.478 e. The van der Waals surface area contributed by atoms with Crippen molar-refractivity contribution in [2.45, 2.75) is 6.04 Å². The second kappa shape index (κ2) is 4.24. The number of carboxylic acids is 1. The predicted molar refractivity (Wildman–Crippen MR) is 70.8 cm³/mol. The number of benzene rings is 1. The molecule has 3 rings (SSSR count). The molecule has 0 aliphatic carbocycles. The van der Waals surface area contributed by atoms with Crippen LogP contribution in [-0.2, 0) is 4.79 Å². The number of carboxylic acid groups (broad SMARTS) is 1. The van der Waals surface area contributed by atoms with Crippen molar-refractivity contribution in [1.82, 2.24) is 5.32 Å². The number of likely N-dealkylation sites (N-methyl/N-ethyl adjacent to an activating group) is 1. The summed E-state index contributed by atoms with van der Waals surface area (Å²) in [6, 6.07) is 5.06. The molecule has 6 nitrogen and oxygen atoms in total. The lowest BCUT2D eigenvalue weighted by Gasteiger charge is -2.43. The molecule has 2 aliphatic heterocycles. The van der Waals surface area contributed by atoms with E-state index in [1.165, 1.54) is 0 Å². The van der Waals surface area contributed by atoms with E-state index in [2.05, 4.69) is 5.32 Å². The number of fused-ring (bicyclic) bond motifs is 1. The Morgan fingerprint density at radius 3 is 2.68 bits per heavy atom. The van der Waals surface area contributed by atoms with Crippen molar-refractivity contribution < 1.29 is 14.7 Å². The minimum Gasteiger partial charge on any atom is -0.478 e. The summed E-state index contributed by atoms with van der Waals surface area (Å²) < 4.78 is 0. The normalized spacial score (nSPS) is 19.1. The number of anilines is 2. The second-order valence-corrected chi connectivity index (χ2v) is 4.94. The summed E-state index contributed by atoms with van der Waals surface area (Å²) in [7, 11) is 1.84. The van der Waals surface area contributed by atoms with E-state index in [4.69, 9.17) is 5.11 Å². The van der Waals surface area contributed by atoms with Gasteiger partial charge in [-0.2, -0.15) is 0 Å². The Balaban J connectivity index is 2.09. The maximum Gasteiger partial charge on any atom is 0.335 e. The lowest BCUT2D eigenvalue weighted by atomic mass is 10.0. The van der Waals surface area contributed by atoms with E-state index in [0.717, 1.165) is 18.8 Å². The van der Waals surface area contributed by atoms with Crippen molar-refractivity contribution in [3.63, 3.8) is 0 Å². The van der Waals surface area contributed by atoms with Gasteiger partial charge < -0.3 is 20.2 Å². The fraction of sp³-hybridized carbons (Fsp3) is 0.385. The van der Waals surface area contributed by atoms with Crippen LogP contribution in [0.1, 0.15) is 10.4 Å². The molecule has 1 fully saturated rings. The van der Waals surface area contributed by atoms with Crippen molar-refractivity contribution in [1.29, 1.82) is 0 Å². The summed E-state index contributed by atoms with van der Waals surface area (Å²) in [6.07, 6.45) is 0.